The van der Waals surface area contributed by atoms with Crippen molar-refractivity contribution in [1.82, 2.24) is 29.7 Å². The Morgan fingerprint density at radius 1 is 1.05 bits per heavy atom. The zero-order chi connectivity index (χ0) is 39.5. The molecular formula is C40H57N7O6S2. The number of carbonyl (C=O) groups is 2. The van der Waals surface area contributed by atoms with E-state index in [4.69, 9.17) is 4.98 Å². The molecule has 2 aliphatic rings. The summed E-state index contributed by atoms with van der Waals surface area (Å²) < 4.78 is 29.7. The third-order valence-electron chi connectivity index (χ3n) is 10.8. The number of thiazole rings is 1. The molecule has 4 atom stereocenters. The van der Waals surface area contributed by atoms with Gasteiger partial charge < -0.3 is 25.5 Å². The third kappa shape index (κ3) is 11.4. The van der Waals surface area contributed by atoms with E-state index in [9.17, 15) is 28.0 Å². The van der Waals surface area contributed by atoms with Crippen LogP contribution in [-0.2, 0) is 40.9 Å². The van der Waals surface area contributed by atoms with E-state index in [0.29, 0.717) is 44.2 Å². The van der Waals surface area contributed by atoms with Gasteiger partial charge in [-0.2, -0.15) is 9.21 Å². The summed E-state index contributed by atoms with van der Waals surface area (Å²) >= 11 is 1.55. The van der Waals surface area contributed by atoms with Crippen molar-refractivity contribution in [2.75, 3.05) is 26.2 Å². The quantitative estimate of drug-likeness (QED) is 0.119. The predicted octanol–water partition coefficient (Wildman–Crippen LogP) is 5.53. The molecule has 2 fully saturated rings. The first kappa shape index (κ1) is 42.4. The maximum atomic E-state index is 14.4. The van der Waals surface area contributed by atoms with E-state index in [-0.39, 0.29) is 54.7 Å². The van der Waals surface area contributed by atoms with E-state index in [2.05, 4.69) is 29.7 Å². The zero-order valence-electron chi connectivity index (χ0n) is 32.5. The number of aliphatic hydroxyl groups excluding tert-OH is 1. The van der Waals surface area contributed by atoms with Crippen LogP contribution in [0.15, 0.2) is 70.0 Å². The fraction of sp³-hybridized carbons (Fsp3) is 0.575. The Morgan fingerprint density at radius 3 is 2.42 bits per heavy atom. The highest BCUT2D eigenvalue weighted by atomic mass is 32.2. The lowest BCUT2D eigenvalue weighted by atomic mass is 9.95. The van der Waals surface area contributed by atoms with E-state index in [1.54, 1.807) is 33.3 Å². The first-order valence-corrected chi connectivity index (χ1v) is 21.8. The number of sulfonamides is 1. The summed E-state index contributed by atoms with van der Waals surface area (Å²) in [5, 5.41) is 24.3. The van der Waals surface area contributed by atoms with Gasteiger partial charge in [0, 0.05) is 44.1 Å². The Kier molecular flexibility index (Phi) is 15.3. The number of aliphatic hydroxyl groups is 1. The Hall–Kier alpha value is -3.76. The van der Waals surface area contributed by atoms with Crippen LogP contribution in [-0.4, -0.2) is 95.0 Å². The minimum absolute atomic E-state index is 0.0611. The van der Waals surface area contributed by atoms with Gasteiger partial charge in [-0.05, 0) is 54.4 Å². The summed E-state index contributed by atoms with van der Waals surface area (Å²) in [6, 6.07) is 14.0. The van der Waals surface area contributed by atoms with E-state index >= 15 is 0 Å². The molecule has 5 rings (SSSR count). The average molecular weight is 796 g/mol. The smallest absolute Gasteiger partial charge is 0.321 e. The molecule has 1 saturated carbocycles. The van der Waals surface area contributed by atoms with E-state index in [1.807, 2.05) is 49.6 Å². The largest absolute Gasteiger partial charge is 0.390 e. The minimum Gasteiger partial charge on any atom is -0.390 e. The number of rotatable bonds is 21. The molecule has 3 amide bonds. The zero-order valence-corrected chi connectivity index (χ0v) is 34.1. The van der Waals surface area contributed by atoms with Gasteiger partial charge in [0.2, 0.25) is 15.9 Å². The maximum absolute atomic E-state index is 14.4. The van der Waals surface area contributed by atoms with Gasteiger partial charge >= 0.3 is 6.03 Å². The molecule has 0 unspecified atom stereocenters. The fourth-order valence-corrected chi connectivity index (χ4v) is 9.69. The number of nitrogens with zero attached hydrogens (tertiary/aromatic N) is 5. The molecule has 300 valence electrons. The monoisotopic (exact) mass is 795 g/mol. The van der Waals surface area contributed by atoms with E-state index < -0.39 is 28.2 Å². The Balaban J connectivity index is 1.36. The molecule has 1 saturated heterocycles. The number of aromatic nitrogens is 1. The van der Waals surface area contributed by atoms with Gasteiger partial charge in [0.1, 0.15) is 17.6 Å². The second-order valence-corrected chi connectivity index (χ2v) is 18.2. The van der Waals surface area contributed by atoms with Crippen molar-refractivity contribution in [1.29, 1.82) is 0 Å². The number of nitrogens with one attached hydrogen (secondary N) is 2. The van der Waals surface area contributed by atoms with Crippen LogP contribution in [0.4, 0.5) is 4.79 Å². The van der Waals surface area contributed by atoms with Crippen LogP contribution >= 0.6 is 11.3 Å². The molecule has 2 heterocycles. The first-order valence-electron chi connectivity index (χ1n) is 19.5. The lowest BCUT2D eigenvalue weighted by Gasteiger charge is -2.35. The van der Waals surface area contributed by atoms with Crippen LogP contribution in [0.1, 0.15) is 81.6 Å². The van der Waals surface area contributed by atoms with Crippen molar-refractivity contribution in [2.24, 2.45) is 17.0 Å². The molecule has 3 aromatic rings. The molecule has 15 heteroatoms. The molecule has 2 aromatic carbocycles. The van der Waals surface area contributed by atoms with Crippen LogP contribution in [0.3, 0.4) is 0 Å². The highest BCUT2D eigenvalue weighted by Crippen LogP contribution is 2.29. The number of hydrogen-bond donors (Lipinski definition) is 3. The SMILES string of the molecule is CC[C@H](C)[C@H](C(=O)N[C@@H](Cc1ccccc1)[C@H](O)CN(CC1CCCC1)S(=O)(=O)c1ccc(CN=O)cc1)N1CCN(Cc2csc(CNC(C)C)n2)C1=O. The van der Waals surface area contributed by atoms with Crippen molar-refractivity contribution in [3.63, 3.8) is 0 Å². The van der Waals surface area contributed by atoms with Crippen LogP contribution in [0, 0.1) is 16.7 Å². The Bertz CT molecular complexity index is 1800. The van der Waals surface area contributed by atoms with Crippen LogP contribution < -0.4 is 10.6 Å². The number of benzene rings is 2. The van der Waals surface area contributed by atoms with Crippen molar-refractivity contribution in [2.45, 2.75) is 115 Å². The number of hydrogen-bond acceptors (Lipinski definition) is 10. The van der Waals surface area contributed by atoms with Crippen molar-refractivity contribution < 1.29 is 23.1 Å². The van der Waals surface area contributed by atoms with Gasteiger partial charge in [0.05, 0.1) is 29.3 Å². The minimum atomic E-state index is -4.06. The lowest BCUT2D eigenvalue weighted by molar-refractivity contribution is -0.128. The second kappa shape index (κ2) is 19.9. The lowest BCUT2D eigenvalue weighted by Crippen LogP contribution is -2.57. The number of amides is 3. The summed E-state index contributed by atoms with van der Waals surface area (Å²) in [4.78, 5) is 47.3. The van der Waals surface area contributed by atoms with Gasteiger partial charge in [-0.25, -0.2) is 18.2 Å². The van der Waals surface area contributed by atoms with Gasteiger partial charge in [-0.15, -0.1) is 11.3 Å². The number of nitroso groups, excluding NO2 is 1. The molecular weight excluding hydrogens is 739 g/mol. The normalized spacial score (nSPS) is 17.5. The molecule has 0 spiro atoms. The third-order valence-corrected chi connectivity index (χ3v) is 13.5. The second-order valence-electron chi connectivity index (χ2n) is 15.3. The molecule has 3 N–H and O–H groups in total. The molecule has 1 aliphatic heterocycles. The van der Waals surface area contributed by atoms with Crippen LogP contribution in [0.2, 0.25) is 0 Å². The summed E-state index contributed by atoms with van der Waals surface area (Å²) in [7, 11) is -4.06. The van der Waals surface area contributed by atoms with E-state index in [1.165, 1.54) is 16.4 Å². The molecule has 1 aromatic heterocycles. The average Bonchev–Trinajstić information content (AvgIpc) is 3.94. The topological polar surface area (TPSA) is 165 Å². The number of urea groups is 1. The molecule has 0 bridgehead atoms. The van der Waals surface area contributed by atoms with Crippen molar-refractivity contribution >= 4 is 33.3 Å². The Morgan fingerprint density at radius 2 is 1.76 bits per heavy atom. The van der Waals surface area contributed by atoms with Crippen LogP contribution in [0.25, 0.3) is 0 Å². The summed E-state index contributed by atoms with van der Waals surface area (Å²) in [6.45, 7) is 9.86. The van der Waals surface area contributed by atoms with Gasteiger partial charge in [-0.3, -0.25) is 4.79 Å². The van der Waals surface area contributed by atoms with Gasteiger partial charge in [0.25, 0.3) is 0 Å². The first-order chi connectivity index (χ1) is 26.4. The van der Waals surface area contributed by atoms with Crippen molar-refractivity contribution in [3.8, 4) is 0 Å². The van der Waals surface area contributed by atoms with E-state index in [0.717, 1.165) is 41.9 Å². The Labute approximate surface area is 329 Å². The maximum Gasteiger partial charge on any atom is 0.321 e. The standard InChI is InChI=1S/C40H57N7O6S2/c1-5-29(4)38(47-20-19-45(40(47)50)25-33-27-54-37(43-33)23-41-28(2)3)39(49)44-35(21-30-11-7-6-8-12-30)36(48)26-46(24-32-13-9-10-14-32)55(52,53)34-17-15-31(16-18-34)22-42-51/h6-8,11-12,15-18,27-29,32,35-36,38,41,48H,5,9-10,13-14,19-26H2,1-4H3,(H,44,49)/t29-,35-,36+,38+/m0/s1. The number of carbonyl (C=O) groups excluding carboxylic acids is 2. The molecule has 13 nitrogen and oxygen atoms in total. The van der Waals surface area contributed by atoms with Gasteiger partial charge in [-0.1, -0.05) is 94.6 Å². The van der Waals surface area contributed by atoms with Crippen LogP contribution in [0.5, 0.6) is 0 Å². The fourth-order valence-electron chi connectivity index (χ4n) is 7.42. The summed E-state index contributed by atoms with van der Waals surface area (Å²) in [5.41, 5.74) is 2.28. The molecule has 0 radical (unpaired) electrons. The van der Waals surface area contributed by atoms with Gasteiger partial charge in [0.15, 0.2) is 0 Å². The summed E-state index contributed by atoms with van der Waals surface area (Å²) in [5.74, 6) is -0.429. The molecule has 1 aliphatic carbocycles. The highest BCUT2D eigenvalue weighted by molar-refractivity contribution is 7.89. The molecule has 55 heavy (non-hydrogen) atoms. The highest BCUT2D eigenvalue weighted by Gasteiger charge is 2.41. The van der Waals surface area contributed by atoms with Crippen molar-refractivity contribution in [3.05, 3.63) is 86.7 Å². The summed E-state index contributed by atoms with van der Waals surface area (Å²) in [6.07, 6.45) is 3.45. The predicted molar refractivity (Wildman–Crippen MR) is 215 cm³/mol.